The highest BCUT2D eigenvalue weighted by Crippen LogP contribution is 2.38. The summed E-state index contributed by atoms with van der Waals surface area (Å²) in [6.45, 7) is 0. The SMILES string of the molecule is COc1ccc(-c2cccc(C(F)(F)F)c2)c(C=O)c1O. The standard InChI is InChI=1S/C15H11F3O3/c1-21-13-6-5-11(12(8-19)14(13)20)9-3-2-4-10(7-9)15(16,17)18/h2-8,20H,1H3. The van der Waals surface area contributed by atoms with Crippen molar-refractivity contribution in [2.24, 2.45) is 0 Å². The maximum absolute atomic E-state index is 12.7. The predicted molar refractivity (Wildman–Crippen MR) is 70.5 cm³/mol. The van der Waals surface area contributed by atoms with Crippen LogP contribution < -0.4 is 4.74 Å². The van der Waals surface area contributed by atoms with Crippen molar-refractivity contribution < 1.29 is 27.8 Å². The van der Waals surface area contributed by atoms with E-state index in [0.29, 0.717) is 6.29 Å². The quantitative estimate of drug-likeness (QED) is 0.874. The summed E-state index contributed by atoms with van der Waals surface area (Å²) in [5, 5.41) is 9.88. The van der Waals surface area contributed by atoms with Crippen molar-refractivity contribution in [3.63, 3.8) is 0 Å². The Bertz CT molecular complexity index is 678. The molecule has 110 valence electrons. The number of phenols is 1. The maximum Gasteiger partial charge on any atom is 0.416 e. The molecule has 0 aromatic heterocycles. The van der Waals surface area contributed by atoms with E-state index in [1.54, 1.807) is 0 Å². The second-order valence-corrected chi connectivity index (χ2v) is 4.27. The molecular weight excluding hydrogens is 285 g/mol. The molecule has 0 bridgehead atoms. The molecule has 0 aliphatic heterocycles. The second kappa shape index (κ2) is 5.47. The van der Waals surface area contributed by atoms with Gasteiger partial charge in [0.15, 0.2) is 17.8 Å². The van der Waals surface area contributed by atoms with E-state index in [-0.39, 0.29) is 22.4 Å². The number of aromatic hydroxyl groups is 1. The monoisotopic (exact) mass is 296 g/mol. The summed E-state index contributed by atoms with van der Waals surface area (Å²) in [6, 6.07) is 7.36. The first-order valence-corrected chi connectivity index (χ1v) is 5.91. The normalized spacial score (nSPS) is 11.2. The van der Waals surface area contributed by atoms with Gasteiger partial charge in [0.05, 0.1) is 18.2 Å². The van der Waals surface area contributed by atoms with E-state index < -0.39 is 17.5 Å². The molecule has 0 unspecified atom stereocenters. The third kappa shape index (κ3) is 2.84. The van der Waals surface area contributed by atoms with E-state index >= 15 is 0 Å². The minimum absolute atomic E-state index is 0.0767. The molecule has 0 saturated heterocycles. The van der Waals surface area contributed by atoms with Crippen LogP contribution in [0.25, 0.3) is 11.1 Å². The van der Waals surface area contributed by atoms with E-state index in [9.17, 15) is 23.1 Å². The lowest BCUT2D eigenvalue weighted by Gasteiger charge is -2.12. The number of ether oxygens (including phenoxy) is 1. The van der Waals surface area contributed by atoms with Gasteiger partial charge in [0.25, 0.3) is 0 Å². The molecule has 0 radical (unpaired) electrons. The number of rotatable bonds is 3. The number of alkyl halides is 3. The van der Waals surface area contributed by atoms with Gasteiger partial charge < -0.3 is 9.84 Å². The van der Waals surface area contributed by atoms with Crippen LogP contribution in [0, 0.1) is 0 Å². The van der Waals surface area contributed by atoms with Crippen LogP contribution in [0.3, 0.4) is 0 Å². The topological polar surface area (TPSA) is 46.5 Å². The number of hydrogen-bond acceptors (Lipinski definition) is 3. The Hall–Kier alpha value is -2.50. The van der Waals surface area contributed by atoms with E-state index in [4.69, 9.17) is 4.74 Å². The molecule has 0 saturated carbocycles. The van der Waals surface area contributed by atoms with Crippen molar-refractivity contribution in [1.82, 2.24) is 0 Å². The predicted octanol–water partition coefficient (Wildman–Crippen LogP) is 3.90. The van der Waals surface area contributed by atoms with Gasteiger partial charge in [0.1, 0.15) is 0 Å². The Kier molecular flexibility index (Phi) is 3.88. The van der Waals surface area contributed by atoms with Gasteiger partial charge in [-0.15, -0.1) is 0 Å². The zero-order valence-electron chi connectivity index (χ0n) is 10.9. The zero-order chi connectivity index (χ0) is 15.6. The highest BCUT2D eigenvalue weighted by atomic mass is 19.4. The lowest BCUT2D eigenvalue weighted by molar-refractivity contribution is -0.137. The van der Waals surface area contributed by atoms with Crippen molar-refractivity contribution in [2.45, 2.75) is 6.18 Å². The molecule has 0 atom stereocenters. The average Bonchev–Trinajstić information content (AvgIpc) is 2.46. The highest BCUT2D eigenvalue weighted by Gasteiger charge is 2.30. The molecule has 2 aromatic rings. The Balaban J connectivity index is 2.62. The average molecular weight is 296 g/mol. The van der Waals surface area contributed by atoms with Gasteiger partial charge >= 0.3 is 6.18 Å². The summed E-state index contributed by atoms with van der Waals surface area (Å²) in [5.41, 5.74) is -0.555. The summed E-state index contributed by atoms with van der Waals surface area (Å²) >= 11 is 0. The molecule has 2 rings (SSSR count). The fraction of sp³-hybridized carbons (Fsp3) is 0.133. The molecule has 1 N–H and O–H groups in total. The maximum atomic E-state index is 12.7. The van der Waals surface area contributed by atoms with Crippen LogP contribution in [-0.4, -0.2) is 18.5 Å². The number of carbonyl (C=O) groups excluding carboxylic acids is 1. The minimum Gasteiger partial charge on any atom is -0.504 e. The van der Waals surface area contributed by atoms with Gasteiger partial charge in [-0.3, -0.25) is 4.79 Å². The largest absolute Gasteiger partial charge is 0.504 e. The van der Waals surface area contributed by atoms with Crippen molar-refractivity contribution in [3.8, 4) is 22.6 Å². The fourth-order valence-electron chi connectivity index (χ4n) is 1.99. The van der Waals surface area contributed by atoms with Gasteiger partial charge in [0.2, 0.25) is 0 Å². The summed E-state index contributed by atoms with van der Waals surface area (Å²) in [6.07, 6.45) is -4.10. The Morgan fingerprint density at radius 2 is 1.90 bits per heavy atom. The van der Waals surface area contributed by atoms with Crippen LogP contribution in [0.2, 0.25) is 0 Å². The van der Waals surface area contributed by atoms with Gasteiger partial charge in [-0.2, -0.15) is 13.2 Å². The van der Waals surface area contributed by atoms with Crippen LogP contribution in [-0.2, 0) is 6.18 Å². The minimum atomic E-state index is -4.48. The summed E-state index contributed by atoms with van der Waals surface area (Å²) in [7, 11) is 1.31. The lowest BCUT2D eigenvalue weighted by atomic mass is 9.97. The van der Waals surface area contributed by atoms with Crippen molar-refractivity contribution in [1.29, 1.82) is 0 Å². The number of carbonyl (C=O) groups is 1. The molecule has 6 heteroatoms. The molecular formula is C15H11F3O3. The molecule has 3 nitrogen and oxygen atoms in total. The lowest BCUT2D eigenvalue weighted by Crippen LogP contribution is -2.04. The van der Waals surface area contributed by atoms with Crippen LogP contribution >= 0.6 is 0 Å². The Labute approximate surface area is 118 Å². The molecule has 0 aliphatic rings. The number of phenolic OH excluding ortho intramolecular Hbond substituents is 1. The summed E-state index contributed by atoms with van der Waals surface area (Å²) < 4.78 is 43.0. The van der Waals surface area contributed by atoms with Gasteiger partial charge in [-0.25, -0.2) is 0 Å². The first-order valence-electron chi connectivity index (χ1n) is 5.91. The second-order valence-electron chi connectivity index (χ2n) is 4.27. The molecule has 0 fully saturated rings. The smallest absolute Gasteiger partial charge is 0.416 e. The molecule has 0 amide bonds. The van der Waals surface area contributed by atoms with E-state index in [0.717, 1.165) is 12.1 Å². The first-order chi connectivity index (χ1) is 9.88. The van der Waals surface area contributed by atoms with Crippen LogP contribution in [0.1, 0.15) is 15.9 Å². The Morgan fingerprint density at radius 3 is 2.48 bits per heavy atom. The number of methoxy groups -OCH3 is 1. The first kappa shape index (κ1) is 14.9. The van der Waals surface area contributed by atoms with Crippen molar-refractivity contribution in [2.75, 3.05) is 7.11 Å². The molecule has 0 heterocycles. The van der Waals surface area contributed by atoms with Crippen LogP contribution in [0.4, 0.5) is 13.2 Å². The number of benzene rings is 2. The molecule has 0 spiro atoms. The highest BCUT2D eigenvalue weighted by molar-refractivity contribution is 5.92. The summed E-state index contributed by atoms with van der Waals surface area (Å²) in [4.78, 5) is 11.1. The zero-order valence-corrected chi connectivity index (χ0v) is 10.9. The van der Waals surface area contributed by atoms with E-state index in [1.165, 1.54) is 31.4 Å². The van der Waals surface area contributed by atoms with E-state index in [1.807, 2.05) is 0 Å². The van der Waals surface area contributed by atoms with Gasteiger partial charge in [0, 0.05) is 0 Å². The molecule has 0 aliphatic carbocycles. The third-order valence-corrected chi connectivity index (χ3v) is 3.02. The van der Waals surface area contributed by atoms with Crippen molar-refractivity contribution in [3.05, 3.63) is 47.5 Å². The van der Waals surface area contributed by atoms with Crippen LogP contribution in [0.5, 0.6) is 11.5 Å². The van der Waals surface area contributed by atoms with Gasteiger partial charge in [-0.05, 0) is 35.4 Å². The van der Waals surface area contributed by atoms with Crippen molar-refractivity contribution >= 4 is 6.29 Å². The van der Waals surface area contributed by atoms with Gasteiger partial charge in [-0.1, -0.05) is 12.1 Å². The third-order valence-electron chi connectivity index (χ3n) is 3.02. The molecule has 2 aromatic carbocycles. The fourth-order valence-corrected chi connectivity index (χ4v) is 1.99. The number of aldehydes is 1. The number of hydrogen-bond donors (Lipinski definition) is 1. The summed E-state index contributed by atoms with van der Waals surface area (Å²) in [5.74, 6) is -0.324. The Morgan fingerprint density at radius 1 is 1.19 bits per heavy atom. The van der Waals surface area contributed by atoms with E-state index in [2.05, 4.69) is 0 Å². The number of halogens is 3. The van der Waals surface area contributed by atoms with Crippen LogP contribution in [0.15, 0.2) is 36.4 Å². The molecule has 21 heavy (non-hydrogen) atoms.